The van der Waals surface area contributed by atoms with E-state index in [9.17, 15) is 9.18 Å². The minimum absolute atomic E-state index is 0.0550. The molecule has 6 heteroatoms. The molecule has 25 heavy (non-hydrogen) atoms. The van der Waals surface area contributed by atoms with E-state index in [4.69, 9.17) is 4.42 Å². The molecule has 5 nitrogen and oxygen atoms in total. The first-order valence-corrected chi connectivity index (χ1v) is 8.69. The van der Waals surface area contributed by atoms with Crippen molar-refractivity contribution in [3.8, 4) is 0 Å². The molecule has 1 aliphatic heterocycles. The molecule has 0 radical (unpaired) electrons. The van der Waals surface area contributed by atoms with Crippen LogP contribution in [0.5, 0.6) is 0 Å². The summed E-state index contributed by atoms with van der Waals surface area (Å²) in [5.74, 6) is 0.879. The van der Waals surface area contributed by atoms with Gasteiger partial charge >= 0.3 is 0 Å². The zero-order valence-electron chi connectivity index (χ0n) is 15.0. The number of likely N-dealkylation sites (tertiary alicyclic amines) is 1. The molecule has 1 saturated heterocycles. The fourth-order valence-electron chi connectivity index (χ4n) is 3.09. The Morgan fingerprint density at radius 3 is 2.68 bits per heavy atom. The van der Waals surface area contributed by atoms with Gasteiger partial charge in [0.1, 0.15) is 5.82 Å². The number of hydrogen-bond acceptors (Lipinski definition) is 4. The molecule has 2 heterocycles. The molecule has 0 N–H and O–H groups in total. The smallest absolute Gasteiger partial charge is 0.253 e. The Kier molecular flexibility index (Phi) is 4.88. The van der Waals surface area contributed by atoms with Crippen LogP contribution in [0.3, 0.4) is 0 Å². The number of amides is 1. The van der Waals surface area contributed by atoms with Gasteiger partial charge < -0.3 is 9.32 Å². The number of hydrogen-bond donors (Lipinski definition) is 0. The van der Waals surface area contributed by atoms with E-state index in [1.165, 1.54) is 24.3 Å². The van der Waals surface area contributed by atoms with Gasteiger partial charge in [0.15, 0.2) is 0 Å². The summed E-state index contributed by atoms with van der Waals surface area (Å²) in [5.41, 5.74) is 0.585. The second-order valence-corrected chi connectivity index (χ2v) is 7.87. The predicted molar refractivity (Wildman–Crippen MR) is 91.7 cm³/mol. The van der Waals surface area contributed by atoms with Gasteiger partial charge in [-0.1, -0.05) is 20.8 Å². The second kappa shape index (κ2) is 6.94. The van der Waals surface area contributed by atoms with Gasteiger partial charge in [-0.15, -0.1) is 10.2 Å². The number of piperidine rings is 1. The van der Waals surface area contributed by atoms with Crippen LogP contribution in [0.1, 0.15) is 61.7 Å². The number of aromatic nitrogens is 2. The lowest BCUT2D eigenvalue weighted by Gasteiger charge is -2.31. The molecule has 134 valence electrons. The first-order chi connectivity index (χ1) is 11.8. The highest BCUT2D eigenvalue weighted by Crippen LogP contribution is 2.28. The van der Waals surface area contributed by atoms with Gasteiger partial charge in [0.2, 0.25) is 11.8 Å². The van der Waals surface area contributed by atoms with E-state index in [0.717, 1.165) is 19.3 Å². The summed E-state index contributed by atoms with van der Waals surface area (Å²) >= 11 is 0. The number of halogens is 1. The summed E-state index contributed by atoms with van der Waals surface area (Å²) in [5, 5.41) is 8.35. The molecule has 0 saturated carbocycles. The van der Waals surface area contributed by atoms with Crippen molar-refractivity contribution in [2.24, 2.45) is 5.41 Å². The van der Waals surface area contributed by atoms with Crippen LogP contribution in [-0.4, -0.2) is 34.1 Å². The van der Waals surface area contributed by atoms with Gasteiger partial charge in [0.25, 0.3) is 5.91 Å². The number of carbonyl (C=O) groups is 1. The van der Waals surface area contributed by atoms with Gasteiger partial charge in [-0.05, 0) is 42.5 Å². The zero-order chi connectivity index (χ0) is 18.0. The Labute approximate surface area is 147 Å². The topological polar surface area (TPSA) is 59.2 Å². The van der Waals surface area contributed by atoms with Crippen LogP contribution in [0.2, 0.25) is 0 Å². The lowest BCUT2D eigenvalue weighted by atomic mass is 9.92. The molecule has 1 aliphatic rings. The molecule has 1 aromatic carbocycles. The van der Waals surface area contributed by atoms with Gasteiger partial charge in [-0.2, -0.15) is 0 Å². The fourth-order valence-corrected chi connectivity index (χ4v) is 3.09. The van der Waals surface area contributed by atoms with Crippen molar-refractivity contribution >= 4 is 5.91 Å². The van der Waals surface area contributed by atoms with Crippen LogP contribution in [0, 0.1) is 11.2 Å². The van der Waals surface area contributed by atoms with E-state index in [0.29, 0.717) is 30.4 Å². The average Bonchev–Trinajstić information content (AvgIpc) is 3.01. The molecule has 0 spiro atoms. The Morgan fingerprint density at radius 1 is 1.28 bits per heavy atom. The van der Waals surface area contributed by atoms with Gasteiger partial charge in [0.05, 0.1) is 5.92 Å². The van der Waals surface area contributed by atoms with E-state index in [1.807, 2.05) is 0 Å². The molecule has 1 atom stereocenters. The van der Waals surface area contributed by atoms with Crippen LogP contribution in [0.4, 0.5) is 4.39 Å². The molecule has 0 bridgehead atoms. The quantitative estimate of drug-likeness (QED) is 0.848. The summed E-state index contributed by atoms with van der Waals surface area (Å²) in [4.78, 5) is 14.4. The van der Waals surface area contributed by atoms with Crippen molar-refractivity contribution in [3.63, 3.8) is 0 Å². The summed E-state index contributed by atoms with van der Waals surface area (Å²) < 4.78 is 18.9. The van der Waals surface area contributed by atoms with E-state index in [2.05, 4.69) is 31.0 Å². The number of rotatable bonds is 3. The van der Waals surface area contributed by atoms with E-state index in [-0.39, 0.29) is 23.1 Å². The summed E-state index contributed by atoms with van der Waals surface area (Å²) in [6, 6.07) is 5.67. The molecule has 0 aliphatic carbocycles. The molecule has 1 amide bonds. The van der Waals surface area contributed by atoms with Crippen molar-refractivity contribution in [3.05, 3.63) is 47.4 Å². The normalized spacial score (nSPS) is 18.4. The van der Waals surface area contributed by atoms with Gasteiger partial charge in [0, 0.05) is 25.1 Å². The maximum Gasteiger partial charge on any atom is 0.253 e. The summed E-state index contributed by atoms with van der Waals surface area (Å²) in [7, 11) is 0. The van der Waals surface area contributed by atoms with Crippen molar-refractivity contribution in [2.75, 3.05) is 13.1 Å². The van der Waals surface area contributed by atoms with Crippen LogP contribution in [-0.2, 0) is 6.42 Å². The van der Waals surface area contributed by atoms with Crippen LogP contribution < -0.4 is 0 Å². The zero-order valence-corrected chi connectivity index (χ0v) is 15.0. The van der Waals surface area contributed by atoms with Gasteiger partial charge in [-0.25, -0.2) is 4.39 Å². The van der Waals surface area contributed by atoms with Crippen LogP contribution in [0.15, 0.2) is 28.7 Å². The minimum atomic E-state index is -0.342. The van der Waals surface area contributed by atoms with Crippen molar-refractivity contribution in [1.29, 1.82) is 0 Å². The monoisotopic (exact) mass is 345 g/mol. The third-order valence-corrected chi connectivity index (χ3v) is 4.31. The first-order valence-electron chi connectivity index (χ1n) is 8.69. The van der Waals surface area contributed by atoms with Crippen molar-refractivity contribution < 1.29 is 13.6 Å². The lowest BCUT2D eigenvalue weighted by Crippen LogP contribution is -2.39. The number of benzene rings is 1. The summed E-state index contributed by atoms with van der Waals surface area (Å²) in [6.45, 7) is 7.62. The van der Waals surface area contributed by atoms with Crippen molar-refractivity contribution in [1.82, 2.24) is 15.1 Å². The fraction of sp³-hybridized carbons (Fsp3) is 0.526. The van der Waals surface area contributed by atoms with Gasteiger partial charge in [-0.3, -0.25) is 4.79 Å². The highest BCUT2D eigenvalue weighted by atomic mass is 19.1. The maximum atomic E-state index is 13.0. The molecule has 3 rings (SSSR count). The Bertz CT molecular complexity index is 734. The Hall–Kier alpha value is -2.24. The Morgan fingerprint density at radius 2 is 2.00 bits per heavy atom. The van der Waals surface area contributed by atoms with Crippen LogP contribution in [0.25, 0.3) is 0 Å². The third kappa shape index (κ3) is 4.44. The molecular formula is C19H24FN3O2. The number of carbonyl (C=O) groups excluding carboxylic acids is 1. The number of nitrogens with zero attached hydrogens (tertiary/aromatic N) is 3. The first kappa shape index (κ1) is 17.6. The maximum absolute atomic E-state index is 13.0. The standard InChI is InChI=1S/C19H24FN3O2/c1-19(2,3)11-16-21-22-17(25-16)14-5-4-10-23(12-14)18(24)13-6-8-15(20)9-7-13/h6-9,14H,4-5,10-12H2,1-3H3. The predicted octanol–water partition coefficient (Wildman–Crippen LogP) is 3.82. The average molecular weight is 345 g/mol. The lowest BCUT2D eigenvalue weighted by molar-refractivity contribution is 0.0697. The molecule has 2 aromatic rings. The van der Waals surface area contributed by atoms with E-state index < -0.39 is 0 Å². The summed E-state index contributed by atoms with van der Waals surface area (Å²) in [6.07, 6.45) is 2.53. The molecule has 1 fully saturated rings. The van der Waals surface area contributed by atoms with E-state index >= 15 is 0 Å². The van der Waals surface area contributed by atoms with Crippen LogP contribution >= 0.6 is 0 Å². The highest BCUT2D eigenvalue weighted by Gasteiger charge is 2.29. The SMILES string of the molecule is CC(C)(C)Cc1nnc(C2CCCN(C(=O)c3ccc(F)cc3)C2)o1. The molecule has 1 unspecified atom stereocenters. The molecule has 1 aromatic heterocycles. The largest absolute Gasteiger partial charge is 0.425 e. The Balaban J connectivity index is 1.69. The second-order valence-electron chi connectivity index (χ2n) is 7.87. The minimum Gasteiger partial charge on any atom is -0.425 e. The van der Waals surface area contributed by atoms with Crippen molar-refractivity contribution in [2.45, 2.75) is 46.0 Å². The molecular weight excluding hydrogens is 321 g/mol. The van der Waals surface area contributed by atoms with E-state index in [1.54, 1.807) is 4.90 Å². The third-order valence-electron chi connectivity index (χ3n) is 4.31. The highest BCUT2D eigenvalue weighted by molar-refractivity contribution is 5.94.